The molecule has 2 heteroatoms. The van der Waals surface area contributed by atoms with Gasteiger partial charge in [-0.1, -0.05) is 61.0 Å². The molecule has 0 amide bonds. The molecular formula is C16H18ClN. The van der Waals surface area contributed by atoms with Crippen LogP contribution < -0.4 is 5.32 Å². The van der Waals surface area contributed by atoms with Gasteiger partial charge in [0.05, 0.1) is 10.7 Å². The second-order valence-corrected chi connectivity index (χ2v) is 5.03. The molecule has 1 atom stereocenters. The number of para-hydroxylation sites is 1. The van der Waals surface area contributed by atoms with Gasteiger partial charge in [0.25, 0.3) is 0 Å². The monoisotopic (exact) mass is 259 g/mol. The highest BCUT2D eigenvalue weighted by atomic mass is 35.5. The second kappa shape index (κ2) is 5.92. The molecule has 1 N–H and O–H groups in total. The molecule has 0 aromatic heterocycles. The zero-order valence-corrected chi connectivity index (χ0v) is 11.5. The van der Waals surface area contributed by atoms with E-state index >= 15 is 0 Å². The summed E-state index contributed by atoms with van der Waals surface area (Å²) < 4.78 is 0. The molecule has 0 bridgehead atoms. The van der Waals surface area contributed by atoms with E-state index in [4.69, 9.17) is 11.6 Å². The largest absolute Gasteiger partial charge is 0.383 e. The quantitative estimate of drug-likeness (QED) is 0.827. The molecule has 0 saturated heterocycles. The Kier molecular flexibility index (Phi) is 4.27. The molecule has 0 aliphatic heterocycles. The van der Waals surface area contributed by atoms with Gasteiger partial charge < -0.3 is 5.32 Å². The molecule has 1 nitrogen and oxygen atoms in total. The first kappa shape index (κ1) is 13.0. The van der Waals surface area contributed by atoms with Crippen LogP contribution in [0.1, 0.15) is 24.0 Å². The maximum atomic E-state index is 6.20. The summed E-state index contributed by atoms with van der Waals surface area (Å²) in [5, 5.41) is 4.23. The van der Waals surface area contributed by atoms with E-state index in [1.807, 2.05) is 18.2 Å². The first-order valence-corrected chi connectivity index (χ1v) is 6.60. The number of benzene rings is 2. The van der Waals surface area contributed by atoms with Crippen molar-refractivity contribution in [3.05, 3.63) is 64.7 Å². The average Bonchev–Trinajstić information content (AvgIpc) is 2.39. The Labute approximate surface area is 114 Å². The Balaban J connectivity index is 2.04. The average molecular weight is 260 g/mol. The molecule has 0 fully saturated rings. The Morgan fingerprint density at radius 2 is 1.78 bits per heavy atom. The van der Waals surface area contributed by atoms with Gasteiger partial charge in [-0.05, 0) is 30.0 Å². The van der Waals surface area contributed by atoms with Crippen molar-refractivity contribution >= 4 is 17.3 Å². The molecule has 2 aromatic rings. The summed E-state index contributed by atoms with van der Waals surface area (Å²) in [5.74, 6) is 0.460. The third kappa shape index (κ3) is 3.05. The first-order chi connectivity index (χ1) is 8.68. The van der Waals surface area contributed by atoms with Crippen molar-refractivity contribution in [1.29, 1.82) is 0 Å². The van der Waals surface area contributed by atoms with Crippen LogP contribution in [0.4, 0.5) is 5.69 Å². The smallest absolute Gasteiger partial charge is 0.0640 e. The minimum absolute atomic E-state index is 0.460. The van der Waals surface area contributed by atoms with E-state index in [-0.39, 0.29) is 0 Å². The summed E-state index contributed by atoms with van der Waals surface area (Å²) in [4.78, 5) is 0. The van der Waals surface area contributed by atoms with Crippen molar-refractivity contribution in [2.24, 2.45) is 0 Å². The number of rotatable bonds is 4. The van der Waals surface area contributed by atoms with Crippen LogP contribution in [0.2, 0.25) is 5.02 Å². The van der Waals surface area contributed by atoms with Gasteiger partial charge in [-0.15, -0.1) is 0 Å². The number of aryl methyl sites for hydroxylation is 1. The fourth-order valence-corrected chi connectivity index (χ4v) is 2.30. The highest BCUT2D eigenvalue weighted by molar-refractivity contribution is 6.33. The first-order valence-electron chi connectivity index (χ1n) is 6.22. The van der Waals surface area contributed by atoms with E-state index in [2.05, 4.69) is 49.5 Å². The number of hydrogen-bond donors (Lipinski definition) is 1. The van der Waals surface area contributed by atoms with Crippen LogP contribution in [-0.4, -0.2) is 6.54 Å². The van der Waals surface area contributed by atoms with Crippen LogP contribution in [0, 0.1) is 6.92 Å². The van der Waals surface area contributed by atoms with Crippen LogP contribution in [0.15, 0.2) is 48.5 Å². The van der Waals surface area contributed by atoms with Gasteiger partial charge in [0.1, 0.15) is 0 Å². The zero-order valence-electron chi connectivity index (χ0n) is 10.8. The Bertz CT molecular complexity index is 488. The third-order valence-electron chi connectivity index (χ3n) is 3.18. The molecule has 0 radical (unpaired) electrons. The minimum atomic E-state index is 0.460. The molecule has 1 unspecified atom stereocenters. The van der Waals surface area contributed by atoms with Crippen molar-refractivity contribution in [1.82, 2.24) is 0 Å². The molecule has 2 rings (SSSR count). The minimum Gasteiger partial charge on any atom is -0.383 e. The van der Waals surface area contributed by atoms with E-state index in [0.29, 0.717) is 5.92 Å². The SMILES string of the molecule is Cc1cccc(Cl)c1NCC(C)c1ccccc1. The van der Waals surface area contributed by atoms with Gasteiger partial charge in [-0.3, -0.25) is 0 Å². The molecule has 0 heterocycles. The van der Waals surface area contributed by atoms with Crippen LogP contribution >= 0.6 is 11.6 Å². The summed E-state index contributed by atoms with van der Waals surface area (Å²) >= 11 is 6.20. The lowest BCUT2D eigenvalue weighted by Gasteiger charge is -2.16. The number of hydrogen-bond acceptors (Lipinski definition) is 1. The van der Waals surface area contributed by atoms with Crippen LogP contribution in [0.25, 0.3) is 0 Å². The van der Waals surface area contributed by atoms with E-state index in [1.54, 1.807) is 0 Å². The van der Waals surface area contributed by atoms with Gasteiger partial charge in [-0.25, -0.2) is 0 Å². The van der Waals surface area contributed by atoms with E-state index in [9.17, 15) is 0 Å². The fourth-order valence-electron chi connectivity index (χ4n) is 2.01. The lowest BCUT2D eigenvalue weighted by Crippen LogP contribution is -2.10. The molecule has 18 heavy (non-hydrogen) atoms. The molecular weight excluding hydrogens is 242 g/mol. The zero-order chi connectivity index (χ0) is 13.0. The van der Waals surface area contributed by atoms with Gasteiger partial charge >= 0.3 is 0 Å². The Morgan fingerprint density at radius 3 is 2.44 bits per heavy atom. The molecule has 0 spiro atoms. The highest BCUT2D eigenvalue weighted by Crippen LogP contribution is 2.26. The summed E-state index contributed by atoms with van der Waals surface area (Å²) in [6.45, 7) is 5.17. The third-order valence-corrected chi connectivity index (χ3v) is 3.49. The van der Waals surface area contributed by atoms with Crippen molar-refractivity contribution in [2.45, 2.75) is 19.8 Å². The molecule has 2 aromatic carbocycles. The summed E-state index contributed by atoms with van der Waals surface area (Å²) in [6, 6.07) is 16.5. The second-order valence-electron chi connectivity index (χ2n) is 4.62. The molecule has 0 saturated carbocycles. The predicted octanol–water partition coefficient (Wildman–Crippen LogP) is 4.86. The van der Waals surface area contributed by atoms with Gasteiger partial charge in [0, 0.05) is 6.54 Å². The highest BCUT2D eigenvalue weighted by Gasteiger charge is 2.07. The van der Waals surface area contributed by atoms with Crippen LogP contribution in [-0.2, 0) is 0 Å². The van der Waals surface area contributed by atoms with Crippen molar-refractivity contribution < 1.29 is 0 Å². The molecule has 0 aliphatic carbocycles. The van der Waals surface area contributed by atoms with Crippen molar-refractivity contribution in [3.8, 4) is 0 Å². The topological polar surface area (TPSA) is 12.0 Å². The van der Waals surface area contributed by atoms with Crippen LogP contribution in [0.5, 0.6) is 0 Å². The van der Waals surface area contributed by atoms with Gasteiger partial charge in [-0.2, -0.15) is 0 Å². The number of anilines is 1. The number of nitrogens with one attached hydrogen (secondary N) is 1. The van der Waals surface area contributed by atoms with E-state index < -0.39 is 0 Å². The summed E-state index contributed by atoms with van der Waals surface area (Å²) in [7, 11) is 0. The summed E-state index contributed by atoms with van der Waals surface area (Å²) in [6.07, 6.45) is 0. The fraction of sp³-hybridized carbons (Fsp3) is 0.250. The standard InChI is InChI=1S/C16H18ClN/c1-12-7-6-10-15(17)16(12)18-11-13(2)14-8-4-3-5-9-14/h3-10,13,18H,11H2,1-2H3. The van der Waals surface area contributed by atoms with Gasteiger partial charge in [0.2, 0.25) is 0 Å². The van der Waals surface area contributed by atoms with Crippen molar-refractivity contribution in [2.75, 3.05) is 11.9 Å². The van der Waals surface area contributed by atoms with E-state index in [0.717, 1.165) is 17.3 Å². The van der Waals surface area contributed by atoms with Gasteiger partial charge in [0.15, 0.2) is 0 Å². The predicted molar refractivity (Wildman–Crippen MR) is 79.5 cm³/mol. The summed E-state index contributed by atoms with van der Waals surface area (Å²) in [5.41, 5.74) is 3.57. The maximum absolute atomic E-state index is 6.20. The molecule has 94 valence electrons. The Hall–Kier alpha value is -1.47. The molecule has 0 aliphatic rings. The van der Waals surface area contributed by atoms with Crippen LogP contribution in [0.3, 0.4) is 0 Å². The normalized spacial score (nSPS) is 12.2. The Morgan fingerprint density at radius 1 is 1.06 bits per heavy atom. The maximum Gasteiger partial charge on any atom is 0.0640 e. The lowest BCUT2D eigenvalue weighted by molar-refractivity contribution is 0.804. The number of halogens is 1. The van der Waals surface area contributed by atoms with Crippen molar-refractivity contribution in [3.63, 3.8) is 0 Å². The van der Waals surface area contributed by atoms with E-state index in [1.165, 1.54) is 11.1 Å². The lowest BCUT2D eigenvalue weighted by atomic mass is 10.0.